The average molecular weight is 333 g/mol. The highest BCUT2D eigenvalue weighted by Crippen LogP contribution is 2.16. The first-order valence-corrected chi connectivity index (χ1v) is 9.16. The van der Waals surface area contributed by atoms with Gasteiger partial charge in [0.05, 0.1) is 11.5 Å². The third-order valence-electron chi connectivity index (χ3n) is 3.49. The minimum atomic E-state index is -3.45. The number of sulfonamides is 1. The van der Waals surface area contributed by atoms with Gasteiger partial charge in [0.15, 0.2) is 0 Å². The van der Waals surface area contributed by atoms with Gasteiger partial charge in [0, 0.05) is 13.2 Å². The van der Waals surface area contributed by atoms with E-state index in [2.05, 4.69) is 4.72 Å². The molecule has 0 aliphatic rings. The highest BCUT2D eigenvalue weighted by molar-refractivity contribution is 7.89. The maximum atomic E-state index is 12.3. The summed E-state index contributed by atoms with van der Waals surface area (Å²) in [4.78, 5) is 0.341. The number of nitrogens with one attached hydrogen (secondary N) is 1. The lowest BCUT2D eigenvalue weighted by Gasteiger charge is -2.10. The first-order chi connectivity index (χ1) is 11.0. The van der Waals surface area contributed by atoms with Crippen LogP contribution in [0.1, 0.15) is 23.1 Å². The molecule has 2 aromatic rings. The lowest BCUT2D eigenvalue weighted by atomic mass is 10.2. The Hall–Kier alpha value is -1.69. The van der Waals surface area contributed by atoms with Crippen molar-refractivity contribution in [1.29, 1.82) is 0 Å². The Balaban J connectivity index is 1.75. The lowest BCUT2D eigenvalue weighted by molar-refractivity contribution is 0.119. The van der Waals surface area contributed by atoms with E-state index < -0.39 is 10.0 Å². The summed E-state index contributed by atoms with van der Waals surface area (Å²) in [6.45, 7) is 5.19. The molecule has 23 heavy (non-hydrogen) atoms. The number of rotatable bonds is 8. The molecule has 0 saturated heterocycles. The molecule has 0 amide bonds. The molecule has 0 unspecified atom stereocenters. The standard InChI is InChI=1S/C18H23NO3S/c1-15-9-10-18(16(2)13-15)23(20,21)19-11-6-12-22-14-17-7-4-3-5-8-17/h3-5,7-10,13,19H,6,11-12,14H2,1-2H3. The summed E-state index contributed by atoms with van der Waals surface area (Å²) in [5.74, 6) is 0. The first kappa shape index (κ1) is 17.7. The van der Waals surface area contributed by atoms with Crippen LogP contribution in [-0.4, -0.2) is 21.6 Å². The predicted molar refractivity (Wildman–Crippen MR) is 91.8 cm³/mol. The maximum absolute atomic E-state index is 12.3. The van der Waals surface area contributed by atoms with E-state index in [0.717, 1.165) is 16.7 Å². The summed E-state index contributed by atoms with van der Waals surface area (Å²) in [6.07, 6.45) is 0.636. The summed E-state index contributed by atoms with van der Waals surface area (Å²) in [6, 6.07) is 15.2. The van der Waals surface area contributed by atoms with E-state index in [9.17, 15) is 8.42 Å². The van der Waals surface area contributed by atoms with Crippen LogP contribution in [-0.2, 0) is 21.4 Å². The van der Waals surface area contributed by atoms with E-state index in [1.54, 1.807) is 6.07 Å². The van der Waals surface area contributed by atoms with Gasteiger partial charge in [-0.15, -0.1) is 0 Å². The van der Waals surface area contributed by atoms with Crippen molar-refractivity contribution in [2.45, 2.75) is 31.8 Å². The van der Waals surface area contributed by atoms with E-state index >= 15 is 0 Å². The quantitative estimate of drug-likeness (QED) is 0.755. The molecule has 2 aromatic carbocycles. The molecule has 0 bridgehead atoms. The smallest absolute Gasteiger partial charge is 0.240 e. The predicted octanol–water partition coefficient (Wildman–Crippen LogP) is 3.19. The Morgan fingerprint density at radius 1 is 1.04 bits per heavy atom. The number of aryl methyl sites for hydroxylation is 2. The molecule has 0 radical (unpaired) electrons. The highest BCUT2D eigenvalue weighted by atomic mass is 32.2. The summed E-state index contributed by atoms with van der Waals surface area (Å²) in [5.41, 5.74) is 2.93. The van der Waals surface area contributed by atoms with Gasteiger partial charge < -0.3 is 4.74 Å². The summed E-state index contributed by atoms with van der Waals surface area (Å²) < 4.78 is 32.7. The Kier molecular flexibility index (Phi) is 6.33. The topological polar surface area (TPSA) is 55.4 Å². The van der Waals surface area contributed by atoms with Crippen LogP contribution in [0.15, 0.2) is 53.4 Å². The average Bonchev–Trinajstić information content (AvgIpc) is 2.51. The van der Waals surface area contributed by atoms with Crippen LogP contribution in [0.25, 0.3) is 0 Å². The molecule has 0 saturated carbocycles. The van der Waals surface area contributed by atoms with Crippen molar-refractivity contribution in [3.63, 3.8) is 0 Å². The van der Waals surface area contributed by atoms with Gasteiger partial charge in [-0.25, -0.2) is 13.1 Å². The molecule has 0 aliphatic heterocycles. The van der Waals surface area contributed by atoms with Crippen LogP contribution in [0.5, 0.6) is 0 Å². The fraction of sp³-hybridized carbons (Fsp3) is 0.333. The molecule has 5 heteroatoms. The van der Waals surface area contributed by atoms with Crippen molar-refractivity contribution in [1.82, 2.24) is 4.72 Å². The molecule has 0 aliphatic carbocycles. The minimum Gasteiger partial charge on any atom is -0.377 e. The normalized spacial score (nSPS) is 11.6. The van der Waals surface area contributed by atoms with Crippen molar-refractivity contribution in [3.8, 4) is 0 Å². The second-order valence-corrected chi connectivity index (χ2v) is 7.29. The van der Waals surface area contributed by atoms with E-state index in [1.165, 1.54) is 0 Å². The lowest BCUT2D eigenvalue weighted by Crippen LogP contribution is -2.26. The molecule has 0 fully saturated rings. The van der Waals surface area contributed by atoms with Gasteiger partial charge in [0.2, 0.25) is 10.0 Å². The van der Waals surface area contributed by atoms with Crippen molar-refractivity contribution in [2.24, 2.45) is 0 Å². The molecule has 2 rings (SSSR count). The van der Waals surface area contributed by atoms with E-state index in [-0.39, 0.29) is 0 Å². The summed E-state index contributed by atoms with van der Waals surface area (Å²) in [7, 11) is -3.45. The number of benzene rings is 2. The second-order valence-electron chi connectivity index (χ2n) is 5.56. The van der Waals surface area contributed by atoms with Crippen molar-refractivity contribution < 1.29 is 13.2 Å². The van der Waals surface area contributed by atoms with E-state index in [0.29, 0.717) is 31.1 Å². The largest absolute Gasteiger partial charge is 0.377 e. The maximum Gasteiger partial charge on any atom is 0.240 e. The monoisotopic (exact) mass is 333 g/mol. The van der Waals surface area contributed by atoms with Crippen LogP contribution in [0.4, 0.5) is 0 Å². The van der Waals surface area contributed by atoms with Gasteiger partial charge in [-0.2, -0.15) is 0 Å². The third-order valence-corrected chi connectivity index (χ3v) is 5.11. The fourth-order valence-corrected chi connectivity index (χ4v) is 3.62. The highest BCUT2D eigenvalue weighted by Gasteiger charge is 2.15. The van der Waals surface area contributed by atoms with Gasteiger partial charge in [0.25, 0.3) is 0 Å². The van der Waals surface area contributed by atoms with Crippen LogP contribution in [0, 0.1) is 13.8 Å². The van der Waals surface area contributed by atoms with Crippen LogP contribution < -0.4 is 4.72 Å². The van der Waals surface area contributed by atoms with Crippen molar-refractivity contribution in [3.05, 3.63) is 65.2 Å². The molecule has 0 heterocycles. The Bertz CT molecular complexity index is 727. The van der Waals surface area contributed by atoms with E-state index in [1.807, 2.05) is 56.3 Å². The molecule has 0 atom stereocenters. The third kappa shape index (κ3) is 5.46. The molecule has 4 nitrogen and oxygen atoms in total. The molecule has 1 N–H and O–H groups in total. The molecule has 0 aromatic heterocycles. The van der Waals surface area contributed by atoms with Crippen LogP contribution in [0.2, 0.25) is 0 Å². The zero-order valence-corrected chi connectivity index (χ0v) is 14.4. The number of hydrogen-bond acceptors (Lipinski definition) is 3. The summed E-state index contributed by atoms with van der Waals surface area (Å²) in [5, 5.41) is 0. The van der Waals surface area contributed by atoms with Crippen molar-refractivity contribution in [2.75, 3.05) is 13.2 Å². The second kappa shape index (κ2) is 8.24. The first-order valence-electron chi connectivity index (χ1n) is 7.67. The van der Waals surface area contributed by atoms with Gasteiger partial charge in [-0.3, -0.25) is 0 Å². The number of ether oxygens (including phenoxy) is 1. The van der Waals surface area contributed by atoms with Gasteiger partial charge >= 0.3 is 0 Å². The van der Waals surface area contributed by atoms with Gasteiger partial charge in [0.1, 0.15) is 0 Å². The molecular formula is C18H23NO3S. The zero-order chi connectivity index (χ0) is 16.7. The molecule has 0 spiro atoms. The zero-order valence-electron chi connectivity index (χ0n) is 13.6. The fourth-order valence-electron chi connectivity index (χ4n) is 2.32. The van der Waals surface area contributed by atoms with E-state index in [4.69, 9.17) is 4.74 Å². The Morgan fingerprint density at radius 3 is 2.48 bits per heavy atom. The van der Waals surface area contributed by atoms with Gasteiger partial charge in [-0.1, -0.05) is 48.0 Å². The SMILES string of the molecule is Cc1ccc(S(=O)(=O)NCCCOCc2ccccc2)c(C)c1. The molecule has 124 valence electrons. The van der Waals surface area contributed by atoms with Gasteiger partial charge in [-0.05, 0) is 37.5 Å². The van der Waals surface area contributed by atoms with Crippen LogP contribution in [0.3, 0.4) is 0 Å². The molecular weight excluding hydrogens is 310 g/mol. The Labute approximate surface area is 138 Å². The summed E-state index contributed by atoms with van der Waals surface area (Å²) >= 11 is 0. The van der Waals surface area contributed by atoms with Crippen molar-refractivity contribution >= 4 is 10.0 Å². The number of hydrogen-bond donors (Lipinski definition) is 1. The van der Waals surface area contributed by atoms with Crippen LogP contribution >= 0.6 is 0 Å². The minimum absolute atomic E-state index is 0.341. The Morgan fingerprint density at radius 2 is 1.78 bits per heavy atom.